The first-order valence-electron chi connectivity index (χ1n) is 9.11. The molecule has 1 heterocycles. The summed E-state index contributed by atoms with van der Waals surface area (Å²) in [4.78, 5) is 28.3. The number of esters is 2. The van der Waals surface area contributed by atoms with Gasteiger partial charge in [-0.2, -0.15) is 0 Å². The molecule has 0 radical (unpaired) electrons. The fourth-order valence-corrected chi connectivity index (χ4v) is 4.68. The Morgan fingerprint density at radius 2 is 1.79 bits per heavy atom. The lowest BCUT2D eigenvalue weighted by Crippen LogP contribution is -2.08. The fourth-order valence-electron chi connectivity index (χ4n) is 2.65. The zero-order valence-corrected chi connectivity index (χ0v) is 20.5. The maximum Gasteiger partial charge on any atom is 0.363 e. The van der Waals surface area contributed by atoms with Crippen molar-refractivity contribution < 1.29 is 19.1 Å². The van der Waals surface area contributed by atoms with Crippen LogP contribution in [0.2, 0.25) is 0 Å². The second-order valence-corrected chi connectivity index (χ2v) is 9.08. The van der Waals surface area contributed by atoms with Crippen molar-refractivity contribution >= 4 is 69.1 Å². The van der Waals surface area contributed by atoms with Gasteiger partial charge in [0.25, 0.3) is 0 Å². The third-order valence-electron chi connectivity index (χ3n) is 4.27. The van der Waals surface area contributed by atoms with Crippen molar-refractivity contribution in [3.63, 3.8) is 0 Å². The van der Waals surface area contributed by atoms with Gasteiger partial charge < -0.3 is 9.47 Å². The molecule has 1 aliphatic heterocycles. The molecule has 29 heavy (non-hydrogen) atoms. The largest absolute Gasteiger partial charge is 0.424 e. The molecule has 0 aliphatic carbocycles. The maximum atomic E-state index is 12.3. The average Bonchev–Trinajstić information content (AvgIpc) is 3.05. The molecule has 0 aromatic heterocycles. The lowest BCUT2D eigenvalue weighted by Gasteiger charge is -2.09. The van der Waals surface area contributed by atoms with Crippen molar-refractivity contribution in [1.82, 2.24) is 0 Å². The van der Waals surface area contributed by atoms with Gasteiger partial charge in [0.2, 0.25) is 5.90 Å². The summed E-state index contributed by atoms with van der Waals surface area (Å²) >= 11 is 4.22. The van der Waals surface area contributed by atoms with Crippen LogP contribution in [0.1, 0.15) is 49.8 Å². The number of aliphatic imine (C=N–C) groups is 1. The highest BCUT2D eigenvalue weighted by Gasteiger charge is 2.24. The molecule has 150 valence electrons. The minimum absolute atomic E-state index is 0.234. The van der Waals surface area contributed by atoms with E-state index in [1.54, 1.807) is 13.0 Å². The van der Waals surface area contributed by atoms with Crippen molar-refractivity contribution in [3.8, 4) is 5.75 Å². The van der Waals surface area contributed by atoms with Crippen LogP contribution in [0.3, 0.4) is 0 Å². The molecule has 0 bridgehead atoms. The monoisotopic (exact) mass is 615 g/mol. The van der Waals surface area contributed by atoms with Gasteiger partial charge in [-0.15, -0.1) is 0 Å². The molecule has 0 N–H and O–H groups in total. The van der Waals surface area contributed by atoms with E-state index in [1.165, 1.54) is 5.56 Å². The van der Waals surface area contributed by atoms with Gasteiger partial charge in [-0.25, -0.2) is 9.79 Å². The summed E-state index contributed by atoms with van der Waals surface area (Å²) in [5, 5.41) is 0. The molecule has 3 rings (SSSR count). The van der Waals surface area contributed by atoms with Gasteiger partial charge in [0, 0.05) is 12.0 Å². The standard InChI is InChI=1S/C22H19I2NO4/c1-4-19(26)28-20-16(23)9-13(10-17(20)24)11-18-22(27)29-21(25-18)15-7-5-14(6-8-15)12(2)3/h5-12H,4H2,1-3H3/b18-11-. The lowest BCUT2D eigenvalue weighted by molar-refractivity contribution is -0.134. The number of ether oxygens (including phenoxy) is 2. The van der Waals surface area contributed by atoms with Gasteiger partial charge in [-0.3, -0.25) is 4.79 Å². The van der Waals surface area contributed by atoms with Crippen LogP contribution in [0.25, 0.3) is 6.08 Å². The van der Waals surface area contributed by atoms with E-state index < -0.39 is 5.97 Å². The normalized spacial score (nSPS) is 14.9. The third kappa shape index (κ3) is 5.25. The van der Waals surface area contributed by atoms with E-state index >= 15 is 0 Å². The Kier molecular flexibility index (Phi) is 7.10. The van der Waals surface area contributed by atoms with Crippen molar-refractivity contribution in [3.05, 3.63) is 65.9 Å². The van der Waals surface area contributed by atoms with Crippen LogP contribution in [-0.4, -0.2) is 17.8 Å². The van der Waals surface area contributed by atoms with Crippen molar-refractivity contribution in [2.75, 3.05) is 0 Å². The lowest BCUT2D eigenvalue weighted by atomic mass is 10.0. The molecule has 0 saturated carbocycles. The third-order valence-corrected chi connectivity index (χ3v) is 5.88. The van der Waals surface area contributed by atoms with E-state index in [0.717, 1.165) is 18.3 Å². The van der Waals surface area contributed by atoms with E-state index in [4.69, 9.17) is 9.47 Å². The van der Waals surface area contributed by atoms with Gasteiger partial charge in [0.05, 0.1) is 7.14 Å². The summed E-state index contributed by atoms with van der Waals surface area (Å²) in [6, 6.07) is 11.5. The van der Waals surface area contributed by atoms with Crippen LogP contribution >= 0.6 is 45.2 Å². The Morgan fingerprint density at radius 1 is 1.17 bits per heavy atom. The molecular formula is C22H19I2NO4. The molecule has 5 nitrogen and oxygen atoms in total. The van der Waals surface area contributed by atoms with Gasteiger partial charge in [-0.1, -0.05) is 32.9 Å². The number of rotatable bonds is 5. The predicted molar refractivity (Wildman–Crippen MR) is 129 cm³/mol. The first-order valence-corrected chi connectivity index (χ1v) is 11.3. The number of carbonyl (C=O) groups is 2. The quantitative estimate of drug-likeness (QED) is 0.188. The number of halogens is 2. The number of carbonyl (C=O) groups excluding carboxylic acids is 2. The van der Waals surface area contributed by atoms with Gasteiger partial charge in [0.15, 0.2) is 11.4 Å². The summed E-state index contributed by atoms with van der Waals surface area (Å²) in [7, 11) is 0. The van der Waals surface area contributed by atoms with E-state index in [9.17, 15) is 9.59 Å². The van der Waals surface area contributed by atoms with Crippen molar-refractivity contribution in [2.24, 2.45) is 4.99 Å². The van der Waals surface area contributed by atoms with Gasteiger partial charge in [0.1, 0.15) is 0 Å². The van der Waals surface area contributed by atoms with Crippen molar-refractivity contribution in [1.29, 1.82) is 0 Å². The van der Waals surface area contributed by atoms with Gasteiger partial charge in [-0.05, 0) is 92.6 Å². The molecule has 0 atom stereocenters. The minimum atomic E-state index is -0.487. The predicted octanol–water partition coefficient (Wildman–Crippen LogP) is 5.68. The SMILES string of the molecule is CCC(=O)Oc1c(I)cc(/C=C2\N=C(c3ccc(C(C)C)cc3)OC2=O)cc1I. The summed E-state index contributed by atoms with van der Waals surface area (Å²) in [5.41, 5.74) is 2.99. The number of hydrogen-bond donors (Lipinski definition) is 0. The summed E-state index contributed by atoms with van der Waals surface area (Å²) in [6.07, 6.45) is 1.98. The molecule has 0 amide bonds. The molecule has 2 aromatic carbocycles. The maximum absolute atomic E-state index is 12.3. The molecule has 7 heteroatoms. The Hall–Kier alpha value is -1.75. The van der Waals surface area contributed by atoms with E-state index in [-0.39, 0.29) is 11.7 Å². The van der Waals surface area contributed by atoms with Crippen LogP contribution in [0, 0.1) is 7.14 Å². The summed E-state index contributed by atoms with van der Waals surface area (Å²) in [5.74, 6) is 0.485. The highest BCUT2D eigenvalue weighted by atomic mass is 127. The molecule has 0 saturated heterocycles. The smallest absolute Gasteiger partial charge is 0.363 e. The molecule has 0 spiro atoms. The first-order chi connectivity index (χ1) is 13.8. The molecule has 1 aliphatic rings. The van der Waals surface area contributed by atoms with Crippen LogP contribution in [0.15, 0.2) is 47.1 Å². The molecule has 0 fully saturated rings. The Labute approximate surface area is 196 Å². The highest BCUT2D eigenvalue weighted by Crippen LogP contribution is 2.31. The zero-order valence-electron chi connectivity index (χ0n) is 16.2. The van der Waals surface area contributed by atoms with Crippen LogP contribution in [-0.2, 0) is 14.3 Å². The van der Waals surface area contributed by atoms with E-state index in [0.29, 0.717) is 24.0 Å². The molecular weight excluding hydrogens is 596 g/mol. The van der Waals surface area contributed by atoms with Crippen LogP contribution in [0.4, 0.5) is 0 Å². The topological polar surface area (TPSA) is 65.0 Å². The number of benzene rings is 2. The number of hydrogen-bond acceptors (Lipinski definition) is 5. The second kappa shape index (κ2) is 9.38. The summed E-state index contributed by atoms with van der Waals surface area (Å²) in [6.45, 7) is 6.00. The van der Waals surface area contributed by atoms with Gasteiger partial charge >= 0.3 is 11.9 Å². The molecule has 2 aromatic rings. The Balaban J connectivity index is 1.88. The molecule has 0 unspecified atom stereocenters. The van der Waals surface area contributed by atoms with E-state index in [2.05, 4.69) is 64.0 Å². The highest BCUT2D eigenvalue weighted by molar-refractivity contribution is 14.1. The Morgan fingerprint density at radius 3 is 2.34 bits per heavy atom. The second-order valence-electron chi connectivity index (χ2n) is 6.75. The number of cyclic esters (lactones) is 1. The van der Waals surface area contributed by atoms with Crippen LogP contribution in [0.5, 0.6) is 5.75 Å². The first kappa shape index (κ1) is 21.9. The Bertz CT molecular complexity index is 1000. The summed E-state index contributed by atoms with van der Waals surface area (Å²) < 4.78 is 12.3. The number of nitrogens with zero attached hydrogens (tertiary/aromatic N) is 1. The average molecular weight is 615 g/mol. The fraction of sp³-hybridized carbons (Fsp3) is 0.227. The van der Waals surface area contributed by atoms with Crippen molar-refractivity contribution in [2.45, 2.75) is 33.1 Å². The minimum Gasteiger partial charge on any atom is -0.424 e. The van der Waals surface area contributed by atoms with E-state index in [1.807, 2.05) is 36.4 Å². The zero-order chi connectivity index (χ0) is 21.1. The van der Waals surface area contributed by atoms with Crippen LogP contribution < -0.4 is 4.74 Å².